The molecular weight excluding hydrogens is 282 g/mol. The van der Waals surface area contributed by atoms with Crippen molar-refractivity contribution < 1.29 is 9.90 Å². The Bertz CT molecular complexity index is 643. The predicted octanol–water partition coefficient (Wildman–Crippen LogP) is 4.20. The lowest BCUT2D eigenvalue weighted by Gasteiger charge is -2.10. The highest BCUT2D eigenvalue weighted by Gasteiger charge is 2.17. The van der Waals surface area contributed by atoms with E-state index in [9.17, 15) is 9.90 Å². The second-order valence-corrected chi connectivity index (χ2v) is 5.55. The molecule has 19 heavy (non-hydrogen) atoms. The predicted molar refractivity (Wildman–Crippen MR) is 76.2 cm³/mol. The third-order valence-electron chi connectivity index (χ3n) is 2.56. The number of pyridine rings is 1. The van der Waals surface area contributed by atoms with Gasteiger partial charge in [0.1, 0.15) is 0 Å². The van der Waals surface area contributed by atoms with Gasteiger partial charge in [0.05, 0.1) is 16.3 Å². The zero-order valence-corrected chi connectivity index (χ0v) is 12.0. The van der Waals surface area contributed by atoms with Crippen molar-refractivity contribution in [3.05, 3.63) is 52.3 Å². The van der Waals surface area contributed by atoms with Crippen molar-refractivity contribution in [2.45, 2.75) is 23.6 Å². The number of nitrogens with zero attached hydrogens (tertiary/aromatic N) is 1. The summed E-state index contributed by atoms with van der Waals surface area (Å²) in [6, 6.07) is 9.13. The Hall–Kier alpha value is -1.52. The second kappa shape index (κ2) is 5.63. The summed E-state index contributed by atoms with van der Waals surface area (Å²) in [6.45, 7) is 3.54. The maximum Gasteiger partial charge on any atom is 0.338 e. The van der Waals surface area contributed by atoms with E-state index in [1.54, 1.807) is 19.1 Å². The molecule has 1 aromatic heterocycles. The van der Waals surface area contributed by atoms with E-state index in [4.69, 9.17) is 11.6 Å². The van der Waals surface area contributed by atoms with Crippen LogP contribution in [0, 0.1) is 13.8 Å². The van der Waals surface area contributed by atoms with Crippen LogP contribution >= 0.6 is 23.4 Å². The molecule has 0 radical (unpaired) electrons. The molecule has 0 unspecified atom stereocenters. The Morgan fingerprint density at radius 1 is 1.26 bits per heavy atom. The molecule has 1 heterocycles. The number of benzene rings is 1. The van der Waals surface area contributed by atoms with Crippen LogP contribution in [0.5, 0.6) is 0 Å². The maximum absolute atomic E-state index is 11.3. The van der Waals surface area contributed by atoms with Crippen molar-refractivity contribution in [1.82, 2.24) is 4.98 Å². The van der Waals surface area contributed by atoms with Gasteiger partial charge in [-0.3, -0.25) is 4.98 Å². The van der Waals surface area contributed by atoms with Gasteiger partial charge in [0.25, 0.3) is 0 Å². The van der Waals surface area contributed by atoms with Gasteiger partial charge in [0.15, 0.2) is 0 Å². The molecule has 3 nitrogen and oxygen atoms in total. The smallest absolute Gasteiger partial charge is 0.338 e. The number of carbonyl (C=O) groups is 1. The largest absolute Gasteiger partial charge is 0.478 e. The average Bonchev–Trinajstić information content (AvgIpc) is 2.30. The molecule has 98 valence electrons. The van der Waals surface area contributed by atoms with Crippen LogP contribution in [0.25, 0.3) is 0 Å². The van der Waals surface area contributed by atoms with E-state index in [-0.39, 0.29) is 5.56 Å². The van der Waals surface area contributed by atoms with Crippen LogP contribution in [0.3, 0.4) is 0 Å². The van der Waals surface area contributed by atoms with Crippen LogP contribution in [-0.2, 0) is 0 Å². The molecule has 0 aliphatic heterocycles. The van der Waals surface area contributed by atoms with Crippen LogP contribution in [0.2, 0.25) is 5.02 Å². The molecule has 2 rings (SSSR count). The summed E-state index contributed by atoms with van der Waals surface area (Å²) >= 11 is 7.45. The first-order valence-corrected chi connectivity index (χ1v) is 6.82. The zero-order chi connectivity index (χ0) is 14.0. The van der Waals surface area contributed by atoms with Gasteiger partial charge in [-0.1, -0.05) is 35.5 Å². The Kier molecular flexibility index (Phi) is 4.12. The van der Waals surface area contributed by atoms with Crippen LogP contribution in [0.1, 0.15) is 21.7 Å². The Labute approximate surface area is 120 Å². The molecule has 2 aromatic rings. The number of carboxylic acids is 1. The minimum atomic E-state index is -0.973. The molecule has 1 N–H and O–H groups in total. The van der Waals surface area contributed by atoms with E-state index in [2.05, 4.69) is 4.98 Å². The van der Waals surface area contributed by atoms with Crippen molar-refractivity contribution in [2.24, 2.45) is 0 Å². The lowest BCUT2D eigenvalue weighted by Crippen LogP contribution is -2.05. The molecule has 5 heteroatoms. The van der Waals surface area contributed by atoms with Crippen molar-refractivity contribution in [2.75, 3.05) is 0 Å². The first-order chi connectivity index (χ1) is 8.99. The van der Waals surface area contributed by atoms with Gasteiger partial charge in [-0.05, 0) is 32.0 Å². The first kappa shape index (κ1) is 13.9. The van der Waals surface area contributed by atoms with Crippen molar-refractivity contribution in [3.63, 3.8) is 0 Å². The Morgan fingerprint density at radius 2 is 1.95 bits per heavy atom. The molecule has 1 aromatic carbocycles. The topological polar surface area (TPSA) is 50.2 Å². The fraction of sp³-hybridized carbons (Fsp3) is 0.143. The highest BCUT2D eigenvalue weighted by Crippen LogP contribution is 2.36. The summed E-state index contributed by atoms with van der Waals surface area (Å²) < 4.78 is 0. The number of rotatable bonds is 3. The van der Waals surface area contributed by atoms with Gasteiger partial charge in [-0.15, -0.1) is 0 Å². The minimum absolute atomic E-state index is 0.232. The molecule has 0 aliphatic rings. The minimum Gasteiger partial charge on any atom is -0.478 e. The van der Waals surface area contributed by atoms with E-state index in [1.807, 2.05) is 25.1 Å². The van der Waals surface area contributed by atoms with Crippen LogP contribution in [0.15, 0.2) is 40.1 Å². The third-order valence-corrected chi connectivity index (χ3v) is 4.12. The molecule has 0 atom stereocenters. The van der Waals surface area contributed by atoms with E-state index < -0.39 is 5.97 Å². The summed E-state index contributed by atoms with van der Waals surface area (Å²) in [5.41, 5.74) is 1.54. The van der Waals surface area contributed by atoms with Crippen LogP contribution < -0.4 is 0 Å². The van der Waals surface area contributed by atoms with Gasteiger partial charge < -0.3 is 5.11 Å². The summed E-state index contributed by atoms with van der Waals surface area (Å²) in [6.07, 6.45) is 0. The van der Waals surface area contributed by atoms with Crippen molar-refractivity contribution in [1.29, 1.82) is 0 Å². The molecule has 0 spiro atoms. The Morgan fingerprint density at radius 3 is 2.58 bits per heavy atom. The lowest BCUT2D eigenvalue weighted by molar-refractivity contribution is 0.0691. The number of hydrogen-bond acceptors (Lipinski definition) is 3. The Balaban J connectivity index is 2.51. The number of hydrogen-bond donors (Lipinski definition) is 1. The molecule has 0 saturated carbocycles. The van der Waals surface area contributed by atoms with Gasteiger partial charge in [-0.2, -0.15) is 0 Å². The summed E-state index contributed by atoms with van der Waals surface area (Å²) in [7, 11) is 0. The number of aromatic nitrogens is 1. The first-order valence-electron chi connectivity index (χ1n) is 5.63. The molecule has 0 saturated heterocycles. The highest BCUT2D eigenvalue weighted by atomic mass is 35.5. The van der Waals surface area contributed by atoms with Gasteiger partial charge in [0.2, 0.25) is 0 Å². The summed E-state index contributed by atoms with van der Waals surface area (Å²) in [4.78, 5) is 17.0. The van der Waals surface area contributed by atoms with Crippen molar-refractivity contribution in [3.8, 4) is 0 Å². The average molecular weight is 294 g/mol. The van der Waals surface area contributed by atoms with E-state index >= 15 is 0 Å². The second-order valence-electron chi connectivity index (χ2n) is 4.06. The fourth-order valence-electron chi connectivity index (χ4n) is 1.78. The molecule has 0 amide bonds. The fourth-order valence-corrected chi connectivity index (χ4v) is 3.15. The number of aromatic carboxylic acids is 1. The van der Waals surface area contributed by atoms with Gasteiger partial charge >= 0.3 is 5.97 Å². The lowest BCUT2D eigenvalue weighted by atomic mass is 10.2. The molecule has 0 aliphatic carbocycles. The van der Waals surface area contributed by atoms with E-state index in [0.717, 1.165) is 10.6 Å². The monoisotopic (exact) mass is 293 g/mol. The highest BCUT2D eigenvalue weighted by molar-refractivity contribution is 7.99. The van der Waals surface area contributed by atoms with E-state index in [1.165, 1.54) is 11.8 Å². The quantitative estimate of drug-likeness (QED) is 0.921. The standard InChI is InChI=1S/C14H12ClNO2S/c1-8-7-12(13(14(17)18)9(2)16-8)19-11-6-4-3-5-10(11)15/h3-7H,1-2H3,(H,17,18). The number of carboxylic acid groups (broad SMARTS) is 1. The van der Waals surface area contributed by atoms with E-state index in [0.29, 0.717) is 15.6 Å². The van der Waals surface area contributed by atoms with Gasteiger partial charge in [-0.25, -0.2) is 4.79 Å². The third kappa shape index (κ3) is 3.08. The number of aryl methyl sites for hydroxylation is 2. The van der Waals surface area contributed by atoms with Crippen LogP contribution in [0.4, 0.5) is 0 Å². The summed E-state index contributed by atoms with van der Waals surface area (Å²) in [5.74, 6) is -0.973. The summed E-state index contributed by atoms with van der Waals surface area (Å²) in [5, 5.41) is 9.91. The normalized spacial score (nSPS) is 10.5. The maximum atomic E-state index is 11.3. The van der Waals surface area contributed by atoms with Crippen molar-refractivity contribution >= 4 is 29.3 Å². The molecule has 0 fully saturated rings. The van der Waals surface area contributed by atoms with Gasteiger partial charge in [0, 0.05) is 15.5 Å². The SMILES string of the molecule is Cc1cc(Sc2ccccc2Cl)c(C(=O)O)c(C)n1. The molecule has 0 bridgehead atoms. The molecular formula is C14H12ClNO2S. The zero-order valence-electron chi connectivity index (χ0n) is 10.5. The van der Waals surface area contributed by atoms with Crippen LogP contribution in [-0.4, -0.2) is 16.1 Å². The number of halogens is 1.